The van der Waals surface area contributed by atoms with Gasteiger partial charge in [-0.2, -0.15) is 0 Å². The molecule has 2 heterocycles. The van der Waals surface area contributed by atoms with Gasteiger partial charge in [-0.1, -0.05) is 74.6 Å². The number of methoxy groups -OCH3 is 1. The number of carbonyl (C=O) groups is 3. The van der Waals surface area contributed by atoms with E-state index in [0.29, 0.717) is 35.6 Å². The molecular formula is C40H43N3O6. The summed E-state index contributed by atoms with van der Waals surface area (Å²) in [7, 11) is 1.32. The number of rotatable bonds is 7. The van der Waals surface area contributed by atoms with Crippen molar-refractivity contribution < 1.29 is 29.3 Å². The molecule has 4 N–H and O–H groups in total. The van der Waals surface area contributed by atoms with Gasteiger partial charge < -0.3 is 30.2 Å². The molecule has 3 aliphatic rings. The SMILES string of the molecule is COC(=O)/C=C/c1ccc(NC(=O)C2(NC(=O)c3ccc4c(C5CCCCC5)c5n(c4c3)C[C@@H](O)[C@@H](O)c3ccccc3-5)CCCC2)cc1. The van der Waals surface area contributed by atoms with Crippen LogP contribution in [0.15, 0.2) is 72.8 Å². The van der Waals surface area contributed by atoms with Crippen molar-refractivity contribution in [3.63, 3.8) is 0 Å². The maximum Gasteiger partial charge on any atom is 0.330 e. The molecule has 7 rings (SSSR count). The van der Waals surface area contributed by atoms with Gasteiger partial charge in [0.15, 0.2) is 0 Å². The van der Waals surface area contributed by atoms with Crippen LogP contribution < -0.4 is 10.6 Å². The molecule has 0 unspecified atom stereocenters. The zero-order chi connectivity index (χ0) is 34.1. The van der Waals surface area contributed by atoms with Crippen LogP contribution in [0.1, 0.15) is 96.9 Å². The highest BCUT2D eigenvalue weighted by Gasteiger charge is 2.43. The minimum absolute atomic E-state index is 0.198. The van der Waals surface area contributed by atoms with Crippen molar-refractivity contribution in [3.8, 4) is 11.3 Å². The van der Waals surface area contributed by atoms with Gasteiger partial charge in [0.2, 0.25) is 5.91 Å². The molecule has 2 amide bonds. The van der Waals surface area contributed by atoms with E-state index in [4.69, 9.17) is 0 Å². The number of esters is 1. The van der Waals surface area contributed by atoms with E-state index in [1.165, 1.54) is 25.2 Å². The number of anilines is 1. The van der Waals surface area contributed by atoms with Gasteiger partial charge in [-0.3, -0.25) is 9.59 Å². The normalized spacial score (nSPS) is 20.4. The third-order valence-corrected chi connectivity index (χ3v) is 10.7. The largest absolute Gasteiger partial charge is 0.466 e. The van der Waals surface area contributed by atoms with E-state index >= 15 is 0 Å². The quantitative estimate of drug-likeness (QED) is 0.130. The van der Waals surface area contributed by atoms with Crippen molar-refractivity contribution in [2.45, 2.75) is 88.0 Å². The molecule has 2 atom stereocenters. The zero-order valence-electron chi connectivity index (χ0n) is 27.8. The van der Waals surface area contributed by atoms with Gasteiger partial charge >= 0.3 is 5.97 Å². The summed E-state index contributed by atoms with van der Waals surface area (Å²) < 4.78 is 6.73. The van der Waals surface area contributed by atoms with E-state index in [9.17, 15) is 24.6 Å². The molecule has 1 aromatic heterocycles. The van der Waals surface area contributed by atoms with Crippen molar-refractivity contribution in [2.75, 3.05) is 12.4 Å². The Labute approximate surface area is 286 Å². The number of hydrogen-bond donors (Lipinski definition) is 4. The molecule has 3 aromatic carbocycles. The predicted molar refractivity (Wildman–Crippen MR) is 189 cm³/mol. The van der Waals surface area contributed by atoms with Gasteiger partial charge in [0.1, 0.15) is 17.7 Å². The molecule has 9 nitrogen and oxygen atoms in total. The van der Waals surface area contributed by atoms with E-state index in [1.54, 1.807) is 30.3 Å². The molecule has 254 valence electrons. The zero-order valence-corrected chi connectivity index (χ0v) is 27.8. The van der Waals surface area contributed by atoms with E-state index in [1.807, 2.05) is 42.5 Å². The molecule has 0 bridgehead atoms. The number of aliphatic hydroxyl groups excluding tert-OH is 2. The summed E-state index contributed by atoms with van der Waals surface area (Å²) in [5.41, 5.74) is 5.48. The maximum absolute atomic E-state index is 14.0. The summed E-state index contributed by atoms with van der Waals surface area (Å²) in [4.78, 5) is 39.2. The predicted octanol–water partition coefficient (Wildman–Crippen LogP) is 6.63. The smallest absolute Gasteiger partial charge is 0.330 e. The number of fused-ring (bicyclic) bond motifs is 5. The lowest BCUT2D eigenvalue weighted by molar-refractivity contribution is -0.134. The Bertz CT molecular complexity index is 1910. The fourth-order valence-electron chi connectivity index (χ4n) is 8.10. The van der Waals surface area contributed by atoms with Crippen molar-refractivity contribution >= 4 is 40.4 Å². The second kappa shape index (κ2) is 13.6. The topological polar surface area (TPSA) is 130 Å². The van der Waals surface area contributed by atoms with E-state index in [2.05, 4.69) is 19.9 Å². The van der Waals surface area contributed by atoms with Crippen LogP contribution in [0.25, 0.3) is 28.2 Å². The van der Waals surface area contributed by atoms with Gasteiger partial charge in [0.25, 0.3) is 5.91 Å². The van der Waals surface area contributed by atoms with Crippen molar-refractivity contribution in [1.29, 1.82) is 0 Å². The minimum Gasteiger partial charge on any atom is -0.466 e. The first kappa shape index (κ1) is 32.8. The molecule has 2 aliphatic carbocycles. The van der Waals surface area contributed by atoms with Crippen molar-refractivity contribution in [2.24, 2.45) is 0 Å². The molecule has 0 radical (unpaired) electrons. The van der Waals surface area contributed by atoms with Gasteiger partial charge in [0.05, 0.1) is 19.3 Å². The highest BCUT2D eigenvalue weighted by Crippen LogP contribution is 2.47. The fourth-order valence-corrected chi connectivity index (χ4v) is 8.10. The number of hydrogen-bond acceptors (Lipinski definition) is 6. The molecule has 2 fully saturated rings. The first-order valence-electron chi connectivity index (χ1n) is 17.4. The van der Waals surface area contributed by atoms with Crippen LogP contribution in [-0.2, 0) is 20.9 Å². The molecule has 2 saturated carbocycles. The lowest BCUT2D eigenvalue weighted by atomic mass is 9.81. The maximum atomic E-state index is 14.0. The van der Waals surface area contributed by atoms with E-state index in [-0.39, 0.29) is 18.4 Å². The van der Waals surface area contributed by atoms with Gasteiger partial charge in [0, 0.05) is 33.8 Å². The van der Waals surface area contributed by atoms with Crippen LogP contribution in [0.3, 0.4) is 0 Å². The summed E-state index contributed by atoms with van der Waals surface area (Å²) in [6.07, 6.45) is 9.31. The monoisotopic (exact) mass is 661 g/mol. The van der Waals surface area contributed by atoms with E-state index in [0.717, 1.165) is 66.2 Å². The highest BCUT2D eigenvalue weighted by molar-refractivity contribution is 6.06. The summed E-state index contributed by atoms with van der Waals surface area (Å²) in [5.74, 6) is -0.695. The number of aromatic nitrogens is 1. The average Bonchev–Trinajstić information content (AvgIpc) is 3.71. The molecular weight excluding hydrogens is 618 g/mol. The summed E-state index contributed by atoms with van der Waals surface area (Å²) in [5, 5.41) is 29.5. The van der Waals surface area contributed by atoms with Crippen LogP contribution in [0.5, 0.6) is 0 Å². The van der Waals surface area contributed by atoms with E-state index < -0.39 is 23.7 Å². The molecule has 49 heavy (non-hydrogen) atoms. The van der Waals surface area contributed by atoms with Gasteiger partial charge in [-0.15, -0.1) is 0 Å². The van der Waals surface area contributed by atoms with Crippen LogP contribution in [-0.4, -0.2) is 51.3 Å². The molecule has 4 aromatic rings. The minimum atomic E-state index is -1.06. The standard InChI is InChI=1S/C40H43N3O6/c1-49-34(45)20-15-25-13-17-28(18-14-25)41-39(48)40(21-7-8-22-40)42-38(47)27-16-19-31-32(23-27)43-24-33(44)37(46)30-12-6-5-11-29(30)36(43)35(31)26-9-3-2-4-10-26/h5-6,11-20,23,26,33,37,44,46H,2-4,7-10,21-22,24H2,1H3,(H,41,48)(H,42,47)/b20-15+/t33-,37+/m1/s1. The van der Waals surface area contributed by atoms with Crippen molar-refractivity contribution in [1.82, 2.24) is 9.88 Å². The summed E-state index contributed by atoms with van der Waals surface area (Å²) in [6, 6.07) is 20.6. The summed E-state index contributed by atoms with van der Waals surface area (Å²) >= 11 is 0. The number of aliphatic hydroxyl groups is 2. The first-order chi connectivity index (χ1) is 23.8. The Morgan fingerprint density at radius 2 is 1.65 bits per heavy atom. The lowest BCUT2D eigenvalue weighted by Gasteiger charge is -2.29. The Morgan fingerprint density at radius 3 is 2.39 bits per heavy atom. The van der Waals surface area contributed by atoms with Crippen molar-refractivity contribution in [3.05, 3.63) is 95.1 Å². The Kier molecular flexibility index (Phi) is 9.13. The molecule has 1 aliphatic heterocycles. The second-order valence-corrected chi connectivity index (χ2v) is 13.7. The van der Waals surface area contributed by atoms with Crippen LogP contribution in [0.4, 0.5) is 5.69 Å². The van der Waals surface area contributed by atoms with Gasteiger partial charge in [-0.05, 0) is 78.6 Å². The number of benzene rings is 3. The second-order valence-electron chi connectivity index (χ2n) is 13.7. The average molecular weight is 662 g/mol. The number of ether oxygens (including phenoxy) is 1. The first-order valence-corrected chi connectivity index (χ1v) is 17.4. The fraction of sp³-hybridized carbons (Fsp3) is 0.375. The molecule has 9 heteroatoms. The lowest BCUT2D eigenvalue weighted by Crippen LogP contribution is -2.55. The Morgan fingerprint density at radius 1 is 0.918 bits per heavy atom. The number of nitrogens with one attached hydrogen (secondary N) is 2. The number of amides is 2. The number of carbonyl (C=O) groups excluding carboxylic acids is 3. The third-order valence-electron chi connectivity index (χ3n) is 10.7. The Hall–Kier alpha value is -4.73. The number of nitrogens with zero attached hydrogens (tertiary/aromatic N) is 1. The van der Waals surface area contributed by atoms with Crippen LogP contribution >= 0.6 is 0 Å². The van der Waals surface area contributed by atoms with Crippen LogP contribution in [0, 0.1) is 0 Å². The highest BCUT2D eigenvalue weighted by atomic mass is 16.5. The Balaban J connectivity index is 1.20. The van der Waals surface area contributed by atoms with Crippen LogP contribution in [0.2, 0.25) is 0 Å². The molecule has 0 saturated heterocycles. The van der Waals surface area contributed by atoms with Gasteiger partial charge in [-0.25, -0.2) is 4.79 Å². The molecule has 0 spiro atoms. The third kappa shape index (κ3) is 6.29. The summed E-state index contributed by atoms with van der Waals surface area (Å²) in [6.45, 7) is 0.198.